The van der Waals surface area contributed by atoms with E-state index < -0.39 is 0 Å². The first kappa shape index (κ1) is 22.0. The molecular weight excluding hydrogens is 428 g/mol. The predicted molar refractivity (Wildman–Crippen MR) is 129 cm³/mol. The Labute approximate surface area is 201 Å². The number of amides is 2. The molecule has 34 heavy (non-hydrogen) atoms. The molecule has 1 N–H and O–H groups in total. The second kappa shape index (κ2) is 8.31. The first-order valence-corrected chi connectivity index (χ1v) is 13.2. The highest BCUT2D eigenvalue weighted by Crippen LogP contribution is 2.60. The van der Waals surface area contributed by atoms with E-state index in [1.54, 1.807) is 0 Å². The van der Waals surface area contributed by atoms with Crippen LogP contribution in [0.4, 0.5) is 0 Å². The van der Waals surface area contributed by atoms with Gasteiger partial charge in [-0.2, -0.15) is 0 Å². The largest absolute Gasteiger partial charge is 0.490 e. The van der Waals surface area contributed by atoms with Crippen LogP contribution < -0.4 is 10.1 Å². The number of furan rings is 1. The van der Waals surface area contributed by atoms with Crippen LogP contribution in [0.1, 0.15) is 77.0 Å². The van der Waals surface area contributed by atoms with E-state index in [4.69, 9.17) is 9.15 Å². The maximum absolute atomic E-state index is 13.9. The molecule has 2 unspecified atom stereocenters. The second-order valence-corrected chi connectivity index (χ2v) is 11.3. The van der Waals surface area contributed by atoms with Crippen molar-refractivity contribution in [2.75, 3.05) is 13.2 Å². The molecule has 0 spiro atoms. The molecule has 6 heteroatoms. The van der Waals surface area contributed by atoms with Crippen LogP contribution in [-0.4, -0.2) is 35.9 Å². The van der Waals surface area contributed by atoms with E-state index in [1.165, 1.54) is 19.3 Å². The second-order valence-electron chi connectivity index (χ2n) is 11.3. The van der Waals surface area contributed by atoms with Crippen molar-refractivity contribution in [3.05, 3.63) is 30.0 Å². The predicted octanol–water partition coefficient (Wildman–Crippen LogP) is 5.22. The minimum Gasteiger partial charge on any atom is -0.490 e. The lowest BCUT2D eigenvalue weighted by Gasteiger charge is -2.56. The van der Waals surface area contributed by atoms with Crippen LogP contribution in [-0.2, 0) is 9.59 Å². The molecule has 0 radical (unpaired) electrons. The monoisotopic (exact) mass is 464 g/mol. The molecule has 2 atom stereocenters. The highest BCUT2D eigenvalue weighted by Gasteiger charge is 2.56. The van der Waals surface area contributed by atoms with Gasteiger partial charge >= 0.3 is 0 Å². The van der Waals surface area contributed by atoms with Gasteiger partial charge in [-0.3, -0.25) is 9.59 Å². The summed E-state index contributed by atoms with van der Waals surface area (Å²) >= 11 is 0. The van der Waals surface area contributed by atoms with Gasteiger partial charge < -0.3 is 19.4 Å². The first-order valence-electron chi connectivity index (χ1n) is 13.2. The zero-order valence-electron chi connectivity index (χ0n) is 20.3. The minimum absolute atomic E-state index is 0.0615. The van der Waals surface area contributed by atoms with E-state index in [2.05, 4.69) is 5.32 Å². The fourth-order valence-electron chi connectivity index (χ4n) is 7.88. The number of hydrogen-bond acceptors (Lipinski definition) is 4. The maximum Gasteiger partial charge on any atom is 0.243 e. The standard InChI is InChI=1S/C28H36N2O4/c1-3-33-23-8-4-6-21-13-24(34-25(21)23)17(2)29-26(31)22-7-5-9-30(22)27(32)28-14-18-10-19(15-28)12-20(11-18)16-28/h4,6,8,13,17-20,22H,3,5,7,9-12,14-16H2,1-2H3,(H,29,31). The van der Waals surface area contributed by atoms with Gasteiger partial charge in [0, 0.05) is 11.9 Å². The first-order chi connectivity index (χ1) is 16.5. The van der Waals surface area contributed by atoms with Crippen molar-refractivity contribution in [1.29, 1.82) is 0 Å². The molecule has 7 rings (SSSR count). The van der Waals surface area contributed by atoms with Crippen molar-refractivity contribution in [1.82, 2.24) is 10.2 Å². The van der Waals surface area contributed by atoms with E-state index in [1.807, 2.05) is 43.0 Å². The Bertz CT molecular complexity index is 1070. The van der Waals surface area contributed by atoms with E-state index >= 15 is 0 Å². The highest BCUT2D eigenvalue weighted by molar-refractivity contribution is 5.91. The van der Waals surface area contributed by atoms with Gasteiger partial charge in [-0.1, -0.05) is 12.1 Å². The Kier molecular flexibility index (Phi) is 5.38. The molecule has 2 heterocycles. The van der Waals surface area contributed by atoms with Gasteiger partial charge in [-0.25, -0.2) is 0 Å². The fourth-order valence-corrected chi connectivity index (χ4v) is 7.88. The molecule has 1 aromatic heterocycles. The van der Waals surface area contributed by atoms with Crippen molar-refractivity contribution in [3.8, 4) is 5.75 Å². The van der Waals surface area contributed by atoms with Gasteiger partial charge in [0.15, 0.2) is 11.3 Å². The minimum atomic E-state index is -0.369. The summed E-state index contributed by atoms with van der Waals surface area (Å²) < 4.78 is 11.8. The molecule has 2 amide bonds. The van der Waals surface area contributed by atoms with Crippen LogP contribution in [0.25, 0.3) is 11.0 Å². The number of carbonyl (C=O) groups is 2. The Morgan fingerprint density at radius 2 is 1.88 bits per heavy atom. The van der Waals surface area contributed by atoms with E-state index in [0.29, 0.717) is 30.2 Å². The summed E-state index contributed by atoms with van der Waals surface area (Å²) in [7, 11) is 0. The average molecular weight is 465 g/mol. The van der Waals surface area contributed by atoms with Crippen LogP contribution >= 0.6 is 0 Å². The Morgan fingerprint density at radius 3 is 2.56 bits per heavy atom. The summed E-state index contributed by atoms with van der Waals surface area (Å²) in [6, 6.07) is 7.15. The lowest BCUT2D eigenvalue weighted by atomic mass is 9.49. The number of nitrogens with zero attached hydrogens (tertiary/aromatic N) is 1. The lowest BCUT2D eigenvalue weighted by molar-refractivity contribution is -0.160. The summed E-state index contributed by atoms with van der Waals surface area (Å²) in [5.41, 5.74) is 0.511. The van der Waals surface area contributed by atoms with Crippen LogP contribution in [0.5, 0.6) is 5.75 Å². The number of hydrogen-bond donors (Lipinski definition) is 1. The third-order valence-corrected chi connectivity index (χ3v) is 8.92. The Morgan fingerprint density at radius 1 is 1.18 bits per heavy atom. The number of carbonyl (C=O) groups excluding carboxylic acids is 2. The van der Waals surface area contributed by atoms with E-state index in [0.717, 1.165) is 55.2 Å². The SMILES string of the molecule is CCOc1cccc2cc(C(C)NC(=O)C3CCCN3C(=O)C34CC5CC(CC(C5)C3)C4)oc12. The summed E-state index contributed by atoms with van der Waals surface area (Å²) in [6.45, 7) is 5.16. The average Bonchev–Trinajstić information content (AvgIpc) is 3.46. The molecule has 4 bridgehead atoms. The van der Waals surface area contributed by atoms with Crippen molar-refractivity contribution in [2.45, 2.75) is 77.3 Å². The molecule has 5 aliphatic rings. The molecule has 2 aromatic rings. The number of para-hydroxylation sites is 1. The third kappa shape index (κ3) is 3.61. The summed E-state index contributed by atoms with van der Waals surface area (Å²) in [5, 5.41) is 4.10. The molecule has 4 saturated carbocycles. The van der Waals surface area contributed by atoms with Crippen LogP contribution in [0.3, 0.4) is 0 Å². The van der Waals surface area contributed by atoms with Crippen molar-refractivity contribution < 1.29 is 18.7 Å². The number of nitrogens with one attached hydrogen (secondary N) is 1. The van der Waals surface area contributed by atoms with Crippen LogP contribution in [0.15, 0.2) is 28.7 Å². The molecule has 1 aliphatic heterocycles. The fraction of sp³-hybridized carbons (Fsp3) is 0.643. The number of fused-ring (bicyclic) bond motifs is 1. The molecule has 4 aliphatic carbocycles. The summed E-state index contributed by atoms with van der Waals surface area (Å²) in [5.74, 6) is 3.79. The third-order valence-electron chi connectivity index (χ3n) is 8.92. The van der Waals surface area contributed by atoms with Crippen molar-refractivity contribution in [3.63, 3.8) is 0 Å². The van der Waals surface area contributed by atoms with Gasteiger partial charge in [0.1, 0.15) is 11.8 Å². The quantitative estimate of drug-likeness (QED) is 0.637. The zero-order chi connectivity index (χ0) is 23.4. The number of benzene rings is 1. The molecule has 5 fully saturated rings. The Hall–Kier alpha value is -2.50. The smallest absolute Gasteiger partial charge is 0.243 e. The molecule has 1 aromatic carbocycles. The topological polar surface area (TPSA) is 71.8 Å². The van der Waals surface area contributed by atoms with Gasteiger partial charge in [-0.15, -0.1) is 0 Å². The van der Waals surface area contributed by atoms with Crippen LogP contribution in [0.2, 0.25) is 0 Å². The van der Waals surface area contributed by atoms with Gasteiger partial charge in [0.25, 0.3) is 0 Å². The van der Waals surface area contributed by atoms with Gasteiger partial charge in [-0.05, 0) is 95.1 Å². The van der Waals surface area contributed by atoms with Gasteiger partial charge in [0.2, 0.25) is 11.8 Å². The zero-order valence-corrected chi connectivity index (χ0v) is 20.3. The lowest BCUT2D eigenvalue weighted by Crippen LogP contribution is -2.57. The van der Waals surface area contributed by atoms with Gasteiger partial charge in [0.05, 0.1) is 18.1 Å². The van der Waals surface area contributed by atoms with Crippen molar-refractivity contribution in [2.24, 2.45) is 23.2 Å². The van der Waals surface area contributed by atoms with Crippen LogP contribution in [0, 0.1) is 23.2 Å². The molecule has 182 valence electrons. The van der Waals surface area contributed by atoms with E-state index in [9.17, 15) is 9.59 Å². The summed E-state index contributed by atoms with van der Waals surface area (Å²) in [4.78, 5) is 29.2. The maximum atomic E-state index is 13.9. The number of rotatable bonds is 6. The Balaban J connectivity index is 1.17. The number of ether oxygens (including phenoxy) is 1. The molecule has 6 nitrogen and oxygen atoms in total. The van der Waals surface area contributed by atoms with Crippen molar-refractivity contribution >= 4 is 22.8 Å². The normalized spacial score (nSPS) is 32.8. The number of likely N-dealkylation sites (tertiary alicyclic amines) is 1. The summed E-state index contributed by atoms with van der Waals surface area (Å²) in [6.07, 6.45) is 8.71. The highest BCUT2D eigenvalue weighted by atomic mass is 16.5. The molecule has 1 saturated heterocycles. The van der Waals surface area contributed by atoms with E-state index in [-0.39, 0.29) is 29.3 Å². The molecular formula is C28H36N2O4.